The van der Waals surface area contributed by atoms with Gasteiger partial charge in [-0.2, -0.15) is 0 Å². The van der Waals surface area contributed by atoms with E-state index < -0.39 is 18.0 Å². The summed E-state index contributed by atoms with van der Waals surface area (Å²) in [4.78, 5) is 24.5. The number of esters is 1. The largest absolute Gasteiger partial charge is 0.507 e. The number of ether oxygens (including phenoxy) is 2. The average Bonchev–Trinajstić information content (AvgIpc) is 2.67. The van der Waals surface area contributed by atoms with Crippen molar-refractivity contribution in [3.63, 3.8) is 0 Å². The first-order valence-electron chi connectivity index (χ1n) is 8.35. The van der Waals surface area contributed by atoms with E-state index in [2.05, 4.69) is 5.32 Å². The van der Waals surface area contributed by atoms with Crippen molar-refractivity contribution in [2.24, 2.45) is 0 Å². The Morgan fingerprint density at radius 3 is 2.44 bits per heavy atom. The van der Waals surface area contributed by atoms with Gasteiger partial charge in [0.05, 0.1) is 7.11 Å². The Bertz CT molecular complexity index is 999. The van der Waals surface area contributed by atoms with Gasteiger partial charge in [0.1, 0.15) is 17.1 Å². The Morgan fingerprint density at radius 1 is 1.00 bits per heavy atom. The number of fused-ring (bicyclic) bond motifs is 1. The highest BCUT2D eigenvalue weighted by molar-refractivity contribution is 5.99. The maximum absolute atomic E-state index is 12.3. The molecule has 0 heterocycles. The van der Waals surface area contributed by atoms with E-state index in [0.29, 0.717) is 11.4 Å². The molecule has 0 unspecified atom stereocenters. The molecule has 0 bridgehead atoms. The molecule has 27 heavy (non-hydrogen) atoms. The number of phenols is 1. The lowest BCUT2D eigenvalue weighted by Crippen LogP contribution is -2.30. The summed E-state index contributed by atoms with van der Waals surface area (Å²) in [6.45, 7) is 1.47. The van der Waals surface area contributed by atoms with Crippen LogP contribution in [0.4, 0.5) is 5.69 Å². The highest BCUT2D eigenvalue weighted by Crippen LogP contribution is 2.24. The zero-order chi connectivity index (χ0) is 19.4. The van der Waals surface area contributed by atoms with Gasteiger partial charge in [-0.05, 0) is 42.0 Å². The fourth-order valence-corrected chi connectivity index (χ4v) is 2.60. The highest BCUT2D eigenvalue weighted by Gasteiger charge is 2.21. The number of hydrogen-bond acceptors (Lipinski definition) is 5. The van der Waals surface area contributed by atoms with Gasteiger partial charge in [0, 0.05) is 11.8 Å². The number of anilines is 1. The van der Waals surface area contributed by atoms with Gasteiger partial charge in [-0.1, -0.05) is 30.3 Å². The molecule has 1 atom stereocenters. The fourth-order valence-electron chi connectivity index (χ4n) is 2.60. The van der Waals surface area contributed by atoms with Gasteiger partial charge < -0.3 is 19.9 Å². The van der Waals surface area contributed by atoms with Crippen LogP contribution in [-0.4, -0.2) is 30.2 Å². The van der Waals surface area contributed by atoms with Crippen molar-refractivity contribution in [1.29, 1.82) is 0 Å². The van der Waals surface area contributed by atoms with E-state index in [9.17, 15) is 14.7 Å². The molecule has 0 spiro atoms. The lowest BCUT2D eigenvalue weighted by atomic mass is 10.1. The van der Waals surface area contributed by atoms with Crippen molar-refractivity contribution >= 4 is 28.3 Å². The van der Waals surface area contributed by atoms with Crippen LogP contribution in [0.5, 0.6) is 11.5 Å². The third kappa shape index (κ3) is 4.17. The maximum atomic E-state index is 12.3. The van der Waals surface area contributed by atoms with Gasteiger partial charge in [0.25, 0.3) is 5.91 Å². The second-order valence-corrected chi connectivity index (χ2v) is 5.98. The van der Waals surface area contributed by atoms with Crippen LogP contribution in [0.2, 0.25) is 0 Å². The highest BCUT2D eigenvalue weighted by atomic mass is 16.5. The normalized spacial score (nSPS) is 11.6. The molecule has 0 saturated carbocycles. The predicted molar refractivity (Wildman–Crippen MR) is 102 cm³/mol. The molecule has 6 heteroatoms. The van der Waals surface area contributed by atoms with Gasteiger partial charge >= 0.3 is 5.97 Å². The lowest BCUT2D eigenvalue weighted by molar-refractivity contribution is -0.123. The molecule has 0 aliphatic rings. The second kappa shape index (κ2) is 7.78. The number of carbonyl (C=O) groups excluding carboxylic acids is 2. The molecule has 0 aliphatic carbocycles. The Balaban J connectivity index is 1.66. The molecule has 0 aromatic heterocycles. The standard InChI is InChI=1S/C21H19NO5/c1-13(27-21(25)18-10-9-17(26-2)12-19(18)23)20(24)22-16-8-7-14-5-3-4-6-15(14)11-16/h3-13,23H,1-2H3,(H,22,24)/t13-/m1/s1. The summed E-state index contributed by atoms with van der Waals surface area (Å²) in [5, 5.41) is 14.7. The van der Waals surface area contributed by atoms with Crippen LogP contribution in [-0.2, 0) is 9.53 Å². The number of carbonyl (C=O) groups is 2. The molecule has 6 nitrogen and oxygen atoms in total. The summed E-state index contributed by atoms with van der Waals surface area (Å²) < 4.78 is 10.1. The molecular weight excluding hydrogens is 346 g/mol. The van der Waals surface area contributed by atoms with Crippen molar-refractivity contribution in [1.82, 2.24) is 0 Å². The lowest BCUT2D eigenvalue weighted by Gasteiger charge is -2.14. The minimum atomic E-state index is -1.04. The summed E-state index contributed by atoms with van der Waals surface area (Å²) in [7, 11) is 1.45. The second-order valence-electron chi connectivity index (χ2n) is 5.98. The van der Waals surface area contributed by atoms with E-state index >= 15 is 0 Å². The predicted octanol–water partition coefficient (Wildman–Crippen LogP) is 3.74. The molecule has 138 valence electrons. The van der Waals surface area contributed by atoms with Crippen LogP contribution >= 0.6 is 0 Å². The Hall–Kier alpha value is -3.54. The number of hydrogen-bond donors (Lipinski definition) is 2. The fraction of sp³-hybridized carbons (Fsp3) is 0.143. The van der Waals surface area contributed by atoms with E-state index in [1.807, 2.05) is 36.4 Å². The van der Waals surface area contributed by atoms with Crippen LogP contribution in [0, 0.1) is 0 Å². The molecule has 3 rings (SSSR count). The van der Waals surface area contributed by atoms with Crippen molar-refractivity contribution in [2.75, 3.05) is 12.4 Å². The minimum Gasteiger partial charge on any atom is -0.507 e. The molecule has 1 amide bonds. The van der Waals surface area contributed by atoms with E-state index in [1.165, 1.54) is 32.2 Å². The Kier molecular flexibility index (Phi) is 5.26. The van der Waals surface area contributed by atoms with E-state index in [4.69, 9.17) is 9.47 Å². The van der Waals surface area contributed by atoms with Gasteiger partial charge in [0.2, 0.25) is 0 Å². The number of benzene rings is 3. The molecule has 0 saturated heterocycles. The smallest absolute Gasteiger partial charge is 0.342 e. The summed E-state index contributed by atoms with van der Waals surface area (Å²) in [6, 6.07) is 17.5. The van der Waals surface area contributed by atoms with Gasteiger partial charge in [-0.3, -0.25) is 4.79 Å². The van der Waals surface area contributed by atoms with Crippen LogP contribution in [0.15, 0.2) is 60.7 Å². The SMILES string of the molecule is COc1ccc(C(=O)O[C@H](C)C(=O)Nc2ccc3ccccc3c2)c(O)c1. The minimum absolute atomic E-state index is 0.0406. The van der Waals surface area contributed by atoms with Crippen LogP contribution < -0.4 is 10.1 Å². The van der Waals surface area contributed by atoms with E-state index in [0.717, 1.165) is 10.8 Å². The molecule has 0 fully saturated rings. The van der Waals surface area contributed by atoms with Crippen molar-refractivity contribution in [3.8, 4) is 11.5 Å². The topological polar surface area (TPSA) is 84.9 Å². The van der Waals surface area contributed by atoms with Crippen LogP contribution in [0.25, 0.3) is 10.8 Å². The van der Waals surface area contributed by atoms with Crippen molar-refractivity contribution in [3.05, 3.63) is 66.2 Å². The van der Waals surface area contributed by atoms with Gasteiger partial charge in [-0.15, -0.1) is 0 Å². The number of aromatic hydroxyl groups is 1. The zero-order valence-corrected chi connectivity index (χ0v) is 14.9. The van der Waals surface area contributed by atoms with E-state index in [-0.39, 0.29) is 11.3 Å². The molecule has 0 aliphatic heterocycles. The summed E-state index contributed by atoms with van der Waals surface area (Å²) in [5.41, 5.74) is 0.565. The number of rotatable bonds is 5. The van der Waals surface area contributed by atoms with Crippen molar-refractivity contribution < 1.29 is 24.2 Å². The van der Waals surface area contributed by atoms with Gasteiger partial charge in [-0.25, -0.2) is 4.79 Å². The number of nitrogens with one attached hydrogen (secondary N) is 1. The molecule has 0 radical (unpaired) electrons. The molecule has 2 N–H and O–H groups in total. The number of phenolic OH excluding ortho intramolecular Hbond substituents is 1. The van der Waals surface area contributed by atoms with Gasteiger partial charge in [0.15, 0.2) is 6.10 Å². The third-order valence-electron chi connectivity index (χ3n) is 4.09. The van der Waals surface area contributed by atoms with E-state index in [1.54, 1.807) is 6.07 Å². The summed E-state index contributed by atoms with van der Waals surface area (Å²) >= 11 is 0. The third-order valence-corrected chi connectivity index (χ3v) is 4.09. The maximum Gasteiger partial charge on any atom is 0.342 e. The summed E-state index contributed by atoms with van der Waals surface area (Å²) in [6.07, 6.45) is -1.04. The van der Waals surface area contributed by atoms with Crippen LogP contribution in [0.3, 0.4) is 0 Å². The molecule has 3 aromatic carbocycles. The first kappa shape index (κ1) is 18.3. The first-order chi connectivity index (χ1) is 13.0. The Labute approximate surface area is 156 Å². The number of methoxy groups -OCH3 is 1. The van der Waals surface area contributed by atoms with Crippen molar-refractivity contribution in [2.45, 2.75) is 13.0 Å². The Morgan fingerprint density at radius 2 is 1.74 bits per heavy atom. The zero-order valence-electron chi connectivity index (χ0n) is 14.9. The summed E-state index contributed by atoms with van der Waals surface area (Å²) in [5.74, 6) is -1.13. The van der Waals surface area contributed by atoms with Crippen LogP contribution in [0.1, 0.15) is 17.3 Å². The molecular formula is C21H19NO5. The first-order valence-corrected chi connectivity index (χ1v) is 8.35. The quantitative estimate of drug-likeness (QED) is 0.673. The monoisotopic (exact) mass is 365 g/mol. The number of amides is 1. The average molecular weight is 365 g/mol. The molecule has 3 aromatic rings.